The minimum absolute atomic E-state index is 0.314. The number of methoxy groups -OCH3 is 1. The third-order valence-electron chi connectivity index (χ3n) is 4.28. The van der Waals surface area contributed by atoms with Crippen LogP contribution in [0.15, 0.2) is 78.9 Å². The summed E-state index contributed by atoms with van der Waals surface area (Å²) in [6, 6.07) is 22.9. The standard InChI is InChI=1S/C23H20ClNO4/c1-28-20-9-5-8-18(14-20)23(27)29-15-21(26)25-22(16-6-3-2-4-7-16)17-10-12-19(24)13-11-17/h2-14,22H,15H2,1H3,(H,25,26). The van der Waals surface area contributed by atoms with E-state index in [1.54, 1.807) is 36.4 Å². The van der Waals surface area contributed by atoms with E-state index in [9.17, 15) is 9.59 Å². The summed E-state index contributed by atoms with van der Waals surface area (Å²) in [5.74, 6) is -0.470. The maximum atomic E-state index is 12.5. The first-order chi connectivity index (χ1) is 14.1. The molecule has 0 spiro atoms. The van der Waals surface area contributed by atoms with E-state index in [2.05, 4.69) is 5.32 Å². The van der Waals surface area contributed by atoms with Crippen LogP contribution in [0.25, 0.3) is 0 Å². The van der Waals surface area contributed by atoms with Crippen LogP contribution in [0.5, 0.6) is 5.75 Å². The van der Waals surface area contributed by atoms with E-state index >= 15 is 0 Å². The van der Waals surface area contributed by atoms with Gasteiger partial charge in [-0.2, -0.15) is 0 Å². The van der Waals surface area contributed by atoms with Gasteiger partial charge in [-0.25, -0.2) is 4.79 Å². The Morgan fingerprint density at radius 3 is 2.31 bits per heavy atom. The summed E-state index contributed by atoms with van der Waals surface area (Å²) in [4.78, 5) is 24.7. The number of rotatable bonds is 7. The van der Waals surface area contributed by atoms with Crippen molar-refractivity contribution in [2.75, 3.05) is 13.7 Å². The number of halogens is 1. The van der Waals surface area contributed by atoms with Gasteiger partial charge >= 0.3 is 5.97 Å². The van der Waals surface area contributed by atoms with Crippen LogP contribution in [0.3, 0.4) is 0 Å². The number of benzene rings is 3. The molecule has 0 heterocycles. The van der Waals surface area contributed by atoms with Gasteiger partial charge in [0, 0.05) is 5.02 Å². The largest absolute Gasteiger partial charge is 0.497 e. The zero-order valence-electron chi connectivity index (χ0n) is 15.8. The predicted molar refractivity (Wildman–Crippen MR) is 111 cm³/mol. The summed E-state index contributed by atoms with van der Waals surface area (Å²) in [5, 5.41) is 3.52. The van der Waals surface area contributed by atoms with Gasteiger partial charge in [0.25, 0.3) is 5.91 Å². The molecule has 1 amide bonds. The molecule has 0 radical (unpaired) electrons. The zero-order valence-corrected chi connectivity index (χ0v) is 16.6. The Labute approximate surface area is 174 Å². The van der Waals surface area contributed by atoms with Gasteiger partial charge in [0.15, 0.2) is 6.61 Å². The lowest BCUT2D eigenvalue weighted by Crippen LogP contribution is -2.33. The predicted octanol–water partition coefficient (Wildman–Crippen LogP) is 4.41. The number of nitrogens with one attached hydrogen (secondary N) is 1. The van der Waals surface area contributed by atoms with Crippen LogP contribution in [-0.4, -0.2) is 25.6 Å². The number of ether oxygens (including phenoxy) is 2. The van der Waals surface area contributed by atoms with E-state index in [4.69, 9.17) is 21.1 Å². The minimum Gasteiger partial charge on any atom is -0.497 e. The molecular formula is C23H20ClNO4. The fourth-order valence-electron chi connectivity index (χ4n) is 2.83. The molecule has 0 aliphatic carbocycles. The fraction of sp³-hybridized carbons (Fsp3) is 0.130. The van der Waals surface area contributed by atoms with Crippen LogP contribution in [0.2, 0.25) is 5.02 Å². The molecule has 29 heavy (non-hydrogen) atoms. The Kier molecular flexibility index (Phi) is 6.87. The van der Waals surface area contributed by atoms with Crippen molar-refractivity contribution in [1.29, 1.82) is 0 Å². The van der Waals surface area contributed by atoms with E-state index in [1.807, 2.05) is 42.5 Å². The van der Waals surface area contributed by atoms with Gasteiger partial charge in [0.2, 0.25) is 0 Å². The Morgan fingerprint density at radius 1 is 0.931 bits per heavy atom. The lowest BCUT2D eigenvalue weighted by atomic mass is 9.99. The number of carbonyl (C=O) groups excluding carboxylic acids is 2. The highest BCUT2D eigenvalue weighted by Crippen LogP contribution is 2.23. The average Bonchev–Trinajstić information content (AvgIpc) is 2.77. The van der Waals surface area contributed by atoms with Gasteiger partial charge in [-0.1, -0.05) is 60.1 Å². The van der Waals surface area contributed by atoms with Gasteiger partial charge in [-0.3, -0.25) is 4.79 Å². The molecule has 0 bridgehead atoms. The Hall–Kier alpha value is -3.31. The van der Waals surface area contributed by atoms with E-state index in [-0.39, 0.29) is 0 Å². The molecule has 148 valence electrons. The Morgan fingerprint density at radius 2 is 1.62 bits per heavy atom. The first kappa shape index (κ1) is 20.4. The van der Waals surface area contributed by atoms with Crippen molar-refractivity contribution >= 4 is 23.5 Å². The van der Waals surface area contributed by atoms with Gasteiger partial charge in [0.1, 0.15) is 5.75 Å². The minimum atomic E-state index is -0.596. The fourth-order valence-corrected chi connectivity index (χ4v) is 2.95. The van der Waals surface area contributed by atoms with Gasteiger partial charge in [-0.05, 0) is 41.5 Å². The van der Waals surface area contributed by atoms with Crippen molar-refractivity contribution in [2.45, 2.75) is 6.04 Å². The highest BCUT2D eigenvalue weighted by Gasteiger charge is 2.18. The molecule has 1 unspecified atom stereocenters. The number of hydrogen-bond acceptors (Lipinski definition) is 4. The summed E-state index contributed by atoms with van der Waals surface area (Å²) in [6.45, 7) is -0.396. The van der Waals surface area contributed by atoms with E-state index in [1.165, 1.54) is 7.11 Å². The lowest BCUT2D eigenvalue weighted by Gasteiger charge is -2.20. The van der Waals surface area contributed by atoms with Crippen molar-refractivity contribution in [2.24, 2.45) is 0 Å². The molecule has 0 fully saturated rings. The molecule has 0 saturated carbocycles. The maximum Gasteiger partial charge on any atom is 0.338 e. The van der Waals surface area contributed by atoms with E-state index < -0.39 is 24.5 Å². The molecule has 3 rings (SSSR count). The van der Waals surface area contributed by atoms with Crippen LogP contribution < -0.4 is 10.1 Å². The summed E-state index contributed by atoms with van der Waals surface area (Å²) in [5.41, 5.74) is 2.09. The molecule has 0 aliphatic heterocycles. The SMILES string of the molecule is COc1cccc(C(=O)OCC(=O)NC(c2ccccc2)c2ccc(Cl)cc2)c1. The first-order valence-electron chi connectivity index (χ1n) is 8.98. The highest BCUT2D eigenvalue weighted by molar-refractivity contribution is 6.30. The maximum absolute atomic E-state index is 12.5. The molecule has 0 saturated heterocycles. The number of amides is 1. The van der Waals surface area contributed by atoms with Gasteiger partial charge in [-0.15, -0.1) is 0 Å². The Bertz CT molecular complexity index is 974. The smallest absolute Gasteiger partial charge is 0.338 e. The second kappa shape index (κ2) is 9.75. The molecular weight excluding hydrogens is 390 g/mol. The van der Waals surface area contributed by atoms with E-state index in [0.29, 0.717) is 16.3 Å². The van der Waals surface area contributed by atoms with Crippen LogP contribution in [0, 0.1) is 0 Å². The van der Waals surface area contributed by atoms with Crippen LogP contribution >= 0.6 is 11.6 Å². The monoisotopic (exact) mass is 409 g/mol. The average molecular weight is 410 g/mol. The lowest BCUT2D eigenvalue weighted by molar-refractivity contribution is -0.124. The number of esters is 1. The summed E-state index contributed by atoms with van der Waals surface area (Å²) < 4.78 is 10.2. The molecule has 0 aliphatic rings. The van der Waals surface area contributed by atoms with Crippen molar-refractivity contribution in [3.05, 3.63) is 101 Å². The third-order valence-corrected chi connectivity index (χ3v) is 4.53. The third kappa shape index (κ3) is 5.59. The van der Waals surface area contributed by atoms with Gasteiger partial charge < -0.3 is 14.8 Å². The quantitative estimate of drug-likeness (QED) is 0.587. The van der Waals surface area contributed by atoms with Crippen LogP contribution in [0.1, 0.15) is 27.5 Å². The molecule has 6 heteroatoms. The summed E-state index contributed by atoms with van der Waals surface area (Å²) in [6.07, 6.45) is 0. The normalized spacial score (nSPS) is 11.4. The van der Waals surface area contributed by atoms with Crippen molar-refractivity contribution in [3.63, 3.8) is 0 Å². The number of carbonyl (C=O) groups is 2. The molecule has 5 nitrogen and oxygen atoms in total. The molecule has 1 N–H and O–H groups in total. The Balaban J connectivity index is 1.68. The molecule has 0 aromatic heterocycles. The van der Waals surface area contributed by atoms with E-state index in [0.717, 1.165) is 11.1 Å². The van der Waals surface area contributed by atoms with Crippen molar-refractivity contribution in [3.8, 4) is 5.75 Å². The summed E-state index contributed by atoms with van der Waals surface area (Å²) in [7, 11) is 1.51. The summed E-state index contributed by atoms with van der Waals surface area (Å²) >= 11 is 5.98. The first-order valence-corrected chi connectivity index (χ1v) is 9.35. The van der Waals surface area contributed by atoms with Crippen LogP contribution in [-0.2, 0) is 9.53 Å². The molecule has 1 atom stereocenters. The van der Waals surface area contributed by atoms with Crippen LogP contribution in [0.4, 0.5) is 0 Å². The highest BCUT2D eigenvalue weighted by atomic mass is 35.5. The molecule has 3 aromatic carbocycles. The van der Waals surface area contributed by atoms with Gasteiger partial charge in [0.05, 0.1) is 18.7 Å². The second-order valence-electron chi connectivity index (χ2n) is 6.27. The van der Waals surface area contributed by atoms with Crippen molar-refractivity contribution in [1.82, 2.24) is 5.32 Å². The number of hydrogen-bond donors (Lipinski definition) is 1. The second-order valence-corrected chi connectivity index (χ2v) is 6.71. The van der Waals surface area contributed by atoms with Crippen molar-refractivity contribution < 1.29 is 19.1 Å². The molecule has 3 aromatic rings. The zero-order chi connectivity index (χ0) is 20.6. The topological polar surface area (TPSA) is 64.6 Å².